The smallest absolute Gasteiger partial charge is 0.228 e. The molecule has 3 aliphatic heterocycles. The van der Waals surface area contributed by atoms with Crippen molar-refractivity contribution in [1.82, 2.24) is 19.8 Å². The number of fused-ring (bicyclic) bond motifs is 1. The van der Waals surface area contributed by atoms with Gasteiger partial charge in [-0.15, -0.1) is 6.58 Å². The third-order valence-electron chi connectivity index (χ3n) is 5.79. The Labute approximate surface area is 160 Å². The van der Waals surface area contributed by atoms with Crippen molar-refractivity contribution in [2.24, 2.45) is 5.92 Å². The van der Waals surface area contributed by atoms with Crippen molar-refractivity contribution in [3.05, 3.63) is 29.7 Å². The van der Waals surface area contributed by atoms with E-state index in [9.17, 15) is 9.59 Å². The van der Waals surface area contributed by atoms with Crippen LogP contribution in [0, 0.1) is 12.8 Å². The first-order valence-electron chi connectivity index (χ1n) is 9.85. The van der Waals surface area contributed by atoms with E-state index in [-0.39, 0.29) is 17.7 Å². The number of likely N-dealkylation sites (tertiary alicyclic amines) is 1. The SMILES string of the molecule is C=CCN1CC(C(=O)N2CCc3c(nc(C)nc3N3CCCC3)C2)CC1=O. The maximum absolute atomic E-state index is 13.0. The van der Waals surface area contributed by atoms with E-state index in [1.54, 1.807) is 11.0 Å². The molecule has 0 aromatic carbocycles. The fourth-order valence-corrected chi connectivity index (χ4v) is 4.44. The molecule has 144 valence electrons. The van der Waals surface area contributed by atoms with Crippen LogP contribution in [-0.2, 0) is 22.6 Å². The fourth-order valence-electron chi connectivity index (χ4n) is 4.44. The van der Waals surface area contributed by atoms with Gasteiger partial charge in [-0.05, 0) is 26.2 Å². The van der Waals surface area contributed by atoms with Crippen molar-refractivity contribution in [2.45, 2.75) is 39.2 Å². The molecule has 4 heterocycles. The molecule has 3 aliphatic rings. The minimum absolute atomic E-state index is 0.0418. The maximum atomic E-state index is 13.0. The summed E-state index contributed by atoms with van der Waals surface area (Å²) in [6, 6.07) is 0. The van der Waals surface area contributed by atoms with Crippen LogP contribution < -0.4 is 4.90 Å². The number of amides is 2. The predicted molar refractivity (Wildman–Crippen MR) is 102 cm³/mol. The van der Waals surface area contributed by atoms with Crippen LogP contribution in [0.5, 0.6) is 0 Å². The zero-order chi connectivity index (χ0) is 19.0. The largest absolute Gasteiger partial charge is 0.356 e. The van der Waals surface area contributed by atoms with Crippen LogP contribution in [0.25, 0.3) is 0 Å². The molecule has 4 rings (SSSR count). The molecule has 0 bridgehead atoms. The van der Waals surface area contributed by atoms with Gasteiger partial charge >= 0.3 is 0 Å². The van der Waals surface area contributed by atoms with E-state index in [4.69, 9.17) is 4.98 Å². The van der Waals surface area contributed by atoms with Crippen molar-refractivity contribution >= 4 is 17.6 Å². The van der Waals surface area contributed by atoms with Crippen molar-refractivity contribution in [3.63, 3.8) is 0 Å². The predicted octanol–water partition coefficient (Wildman–Crippen LogP) is 1.30. The standard InChI is InChI=1S/C20H27N5O2/c1-3-7-24-12-15(11-18(24)26)20(27)25-10-6-16-17(13-25)21-14(2)22-19(16)23-8-4-5-9-23/h3,15H,1,4-13H2,2H3. The van der Waals surface area contributed by atoms with Gasteiger partial charge in [0, 0.05) is 44.7 Å². The minimum atomic E-state index is -0.250. The van der Waals surface area contributed by atoms with E-state index < -0.39 is 0 Å². The lowest BCUT2D eigenvalue weighted by atomic mass is 10.0. The number of nitrogens with zero attached hydrogens (tertiary/aromatic N) is 5. The van der Waals surface area contributed by atoms with Gasteiger partial charge in [0.2, 0.25) is 11.8 Å². The van der Waals surface area contributed by atoms with Crippen molar-refractivity contribution in [3.8, 4) is 0 Å². The van der Waals surface area contributed by atoms with Gasteiger partial charge in [-0.2, -0.15) is 0 Å². The number of rotatable bonds is 4. The molecule has 0 aliphatic carbocycles. The first-order valence-corrected chi connectivity index (χ1v) is 9.85. The van der Waals surface area contributed by atoms with E-state index in [0.29, 0.717) is 32.6 Å². The van der Waals surface area contributed by atoms with E-state index in [2.05, 4.69) is 16.5 Å². The Kier molecular flexibility index (Phi) is 4.85. The lowest BCUT2D eigenvalue weighted by Crippen LogP contribution is -2.41. The third kappa shape index (κ3) is 3.42. The van der Waals surface area contributed by atoms with Crippen LogP contribution in [0.3, 0.4) is 0 Å². The highest BCUT2D eigenvalue weighted by atomic mass is 16.2. The maximum Gasteiger partial charge on any atom is 0.228 e. The molecule has 2 fully saturated rings. The van der Waals surface area contributed by atoms with Crippen LogP contribution in [0.15, 0.2) is 12.7 Å². The molecule has 0 N–H and O–H groups in total. The number of aromatic nitrogens is 2. The van der Waals surface area contributed by atoms with Gasteiger partial charge in [0.15, 0.2) is 0 Å². The second-order valence-electron chi connectivity index (χ2n) is 7.71. The average Bonchev–Trinajstić information content (AvgIpc) is 3.31. The Morgan fingerprint density at radius 1 is 1.26 bits per heavy atom. The molecule has 1 aromatic heterocycles. The van der Waals surface area contributed by atoms with Gasteiger partial charge in [-0.25, -0.2) is 9.97 Å². The quantitative estimate of drug-likeness (QED) is 0.749. The number of carbonyl (C=O) groups excluding carboxylic acids is 2. The van der Waals surface area contributed by atoms with Gasteiger partial charge in [0.1, 0.15) is 11.6 Å². The molecule has 1 atom stereocenters. The summed E-state index contributed by atoms with van der Waals surface area (Å²) in [7, 11) is 0. The molecule has 0 spiro atoms. The second-order valence-corrected chi connectivity index (χ2v) is 7.71. The van der Waals surface area contributed by atoms with Crippen LogP contribution in [0.1, 0.15) is 36.3 Å². The molecule has 7 nitrogen and oxygen atoms in total. The summed E-state index contributed by atoms with van der Waals surface area (Å²) in [6.45, 7) is 9.90. The molecular weight excluding hydrogens is 342 g/mol. The van der Waals surface area contributed by atoms with Gasteiger partial charge in [-0.1, -0.05) is 6.08 Å². The molecule has 7 heteroatoms. The molecule has 2 saturated heterocycles. The highest BCUT2D eigenvalue weighted by molar-refractivity contribution is 5.89. The Balaban J connectivity index is 1.51. The first-order chi connectivity index (χ1) is 13.1. The lowest BCUT2D eigenvalue weighted by Gasteiger charge is -2.32. The number of carbonyl (C=O) groups is 2. The number of hydrogen-bond acceptors (Lipinski definition) is 5. The molecule has 27 heavy (non-hydrogen) atoms. The van der Waals surface area contributed by atoms with Gasteiger partial charge < -0.3 is 14.7 Å². The van der Waals surface area contributed by atoms with Crippen LogP contribution in [0.4, 0.5) is 5.82 Å². The summed E-state index contributed by atoms with van der Waals surface area (Å²) in [5, 5.41) is 0. The Hall–Kier alpha value is -2.44. The van der Waals surface area contributed by atoms with Gasteiger partial charge in [-0.3, -0.25) is 9.59 Å². The Morgan fingerprint density at radius 3 is 2.78 bits per heavy atom. The zero-order valence-electron chi connectivity index (χ0n) is 16.0. The summed E-state index contributed by atoms with van der Waals surface area (Å²) in [6.07, 6.45) is 5.21. The second kappa shape index (κ2) is 7.29. The highest BCUT2D eigenvalue weighted by Crippen LogP contribution is 2.30. The van der Waals surface area contributed by atoms with E-state index in [1.165, 1.54) is 18.4 Å². The highest BCUT2D eigenvalue weighted by Gasteiger charge is 2.37. The Morgan fingerprint density at radius 2 is 2.04 bits per heavy atom. The minimum Gasteiger partial charge on any atom is -0.356 e. The Bertz CT molecular complexity index is 772. The van der Waals surface area contributed by atoms with Crippen LogP contribution >= 0.6 is 0 Å². The summed E-state index contributed by atoms with van der Waals surface area (Å²) >= 11 is 0. The summed E-state index contributed by atoms with van der Waals surface area (Å²) < 4.78 is 0. The van der Waals surface area contributed by atoms with E-state index in [0.717, 1.165) is 36.8 Å². The van der Waals surface area contributed by atoms with Crippen LogP contribution in [-0.4, -0.2) is 64.3 Å². The van der Waals surface area contributed by atoms with Crippen molar-refractivity contribution in [1.29, 1.82) is 0 Å². The molecule has 0 saturated carbocycles. The number of aryl methyl sites for hydroxylation is 1. The molecule has 1 aromatic rings. The fraction of sp³-hybridized carbons (Fsp3) is 0.600. The van der Waals surface area contributed by atoms with Gasteiger partial charge in [0.25, 0.3) is 0 Å². The topological polar surface area (TPSA) is 69.6 Å². The zero-order valence-corrected chi connectivity index (χ0v) is 16.0. The molecular formula is C20H27N5O2. The number of hydrogen-bond donors (Lipinski definition) is 0. The number of anilines is 1. The average molecular weight is 369 g/mol. The van der Waals surface area contributed by atoms with Crippen molar-refractivity contribution < 1.29 is 9.59 Å². The first kappa shape index (κ1) is 17.9. The normalized spacial score (nSPS) is 22.3. The summed E-state index contributed by atoms with van der Waals surface area (Å²) in [5.41, 5.74) is 2.17. The van der Waals surface area contributed by atoms with Crippen molar-refractivity contribution in [2.75, 3.05) is 37.6 Å². The molecule has 1 unspecified atom stereocenters. The molecule has 2 amide bonds. The van der Waals surface area contributed by atoms with Gasteiger partial charge in [0.05, 0.1) is 18.2 Å². The molecule has 0 radical (unpaired) electrons. The summed E-state index contributed by atoms with van der Waals surface area (Å²) in [4.78, 5) is 40.4. The lowest BCUT2D eigenvalue weighted by molar-refractivity contribution is -0.136. The monoisotopic (exact) mass is 369 g/mol. The van der Waals surface area contributed by atoms with E-state index >= 15 is 0 Å². The summed E-state index contributed by atoms with van der Waals surface area (Å²) in [5.74, 6) is 1.69. The van der Waals surface area contributed by atoms with Crippen LogP contribution in [0.2, 0.25) is 0 Å². The third-order valence-corrected chi connectivity index (χ3v) is 5.79. The van der Waals surface area contributed by atoms with E-state index in [1.807, 2.05) is 11.8 Å².